The van der Waals surface area contributed by atoms with Gasteiger partial charge >= 0.3 is 0 Å². The van der Waals surface area contributed by atoms with E-state index in [1.807, 2.05) is 0 Å². The monoisotopic (exact) mass is 531 g/mol. The van der Waals surface area contributed by atoms with Gasteiger partial charge in [-0.15, -0.1) is 0 Å². The second kappa shape index (κ2) is 12.2. The van der Waals surface area contributed by atoms with Crippen LogP contribution >= 0.6 is 11.3 Å². The number of rotatable bonds is 12. The van der Waals surface area contributed by atoms with Crippen LogP contribution in [0.1, 0.15) is 47.8 Å². The van der Waals surface area contributed by atoms with E-state index in [4.69, 9.17) is 5.73 Å². The van der Waals surface area contributed by atoms with Gasteiger partial charge < -0.3 is 21.5 Å². The van der Waals surface area contributed by atoms with E-state index in [9.17, 15) is 27.1 Å². The SMILES string of the molecule is CC(O)CCNCCCS(=O)(=O)N1CCC(Nc2nc(N)c(C(=O)c3c(F)cccc3F)s2)CC1. The molecule has 1 aliphatic rings. The van der Waals surface area contributed by atoms with E-state index in [0.29, 0.717) is 57.0 Å². The van der Waals surface area contributed by atoms with Gasteiger partial charge in [-0.1, -0.05) is 17.4 Å². The molecule has 0 amide bonds. The topological polar surface area (TPSA) is 138 Å². The summed E-state index contributed by atoms with van der Waals surface area (Å²) in [6, 6.07) is 3.10. The number of aromatic nitrogens is 1. The maximum absolute atomic E-state index is 14.0. The average Bonchev–Trinajstić information content (AvgIpc) is 3.16. The smallest absolute Gasteiger partial charge is 0.214 e. The van der Waals surface area contributed by atoms with Crippen molar-refractivity contribution in [2.75, 3.05) is 43.0 Å². The molecule has 1 aromatic heterocycles. The fourth-order valence-corrected chi connectivity index (χ4v) is 6.22. The number of carbonyl (C=O) groups is 1. The van der Waals surface area contributed by atoms with Crippen LogP contribution in [0.4, 0.5) is 19.7 Å². The number of sulfonamides is 1. The lowest BCUT2D eigenvalue weighted by Gasteiger charge is -2.31. The minimum atomic E-state index is -3.37. The Morgan fingerprint density at radius 1 is 1.29 bits per heavy atom. The predicted octanol–water partition coefficient (Wildman–Crippen LogP) is 2.19. The Kier molecular flexibility index (Phi) is 9.53. The molecule has 194 valence electrons. The lowest BCUT2D eigenvalue weighted by molar-refractivity contribution is 0.103. The maximum atomic E-state index is 14.0. The van der Waals surface area contributed by atoms with Crippen molar-refractivity contribution in [1.82, 2.24) is 14.6 Å². The van der Waals surface area contributed by atoms with Gasteiger partial charge in [0.1, 0.15) is 22.3 Å². The van der Waals surface area contributed by atoms with Crippen molar-refractivity contribution in [3.05, 3.63) is 40.3 Å². The van der Waals surface area contributed by atoms with Crippen LogP contribution in [0.2, 0.25) is 0 Å². The van der Waals surface area contributed by atoms with Gasteiger partial charge in [-0.2, -0.15) is 0 Å². The number of nitrogens with zero attached hydrogens (tertiary/aromatic N) is 2. The number of nitrogens with one attached hydrogen (secondary N) is 2. The van der Waals surface area contributed by atoms with Gasteiger partial charge in [0.25, 0.3) is 0 Å². The van der Waals surface area contributed by atoms with E-state index in [-0.39, 0.29) is 28.6 Å². The third kappa shape index (κ3) is 7.40. The first-order valence-corrected chi connectivity index (χ1v) is 13.9. The third-order valence-corrected chi connectivity index (χ3v) is 8.68. The number of aliphatic hydroxyl groups is 1. The van der Waals surface area contributed by atoms with Gasteiger partial charge in [0.2, 0.25) is 15.8 Å². The molecule has 2 heterocycles. The number of hydrogen-bond acceptors (Lipinski definition) is 9. The van der Waals surface area contributed by atoms with Crippen molar-refractivity contribution in [3.63, 3.8) is 0 Å². The largest absolute Gasteiger partial charge is 0.393 e. The lowest BCUT2D eigenvalue weighted by atomic mass is 10.1. The van der Waals surface area contributed by atoms with Crippen LogP contribution < -0.4 is 16.4 Å². The fraction of sp³-hybridized carbons (Fsp3) is 0.545. The molecule has 3 rings (SSSR count). The molecule has 9 nitrogen and oxygen atoms in total. The van der Waals surface area contributed by atoms with Crippen LogP contribution in [0.25, 0.3) is 0 Å². The number of nitrogens with two attached hydrogens (primary N) is 1. The summed E-state index contributed by atoms with van der Waals surface area (Å²) in [5, 5.41) is 15.9. The molecule has 0 radical (unpaired) electrons. The molecule has 1 atom stereocenters. The Labute approximate surface area is 207 Å². The van der Waals surface area contributed by atoms with E-state index in [0.717, 1.165) is 23.5 Å². The van der Waals surface area contributed by atoms with E-state index >= 15 is 0 Å². The van der Waals surface area contributed by atoms with Crippen LogP contribution in [0.3, 0.4) is 0 Å². The number of aliphatic hydroxyl groups excluding tert-OH is 1. The van der Waals surface area contributed by atoms with Gasteiger partial charge in [-0.25, -0.2) is 26.5 Å². The molecule has 2 aromatic rings. The molecule has 0 aliphatic carbocycles. The number of benzene rings is 1. The molecule has 1 unspecified atom stereocenters. The fourth-order valence-electron chi connectivity index (χ4n) is 3.78. The van der Waals surface area contributed by atoms with Crippen molar-refractivity contribution in [3.8, 4) is 0 Å². The molecule has 1 aromatic carbocycles. The minimum absolute atomic E-state index is 0.0495. The first-order valence-electron chi connectivity index (χ1n) is 11.5. The zero-order valence-electron chi connectivity index (χ0n) is 19.5. The number of hydrogen-bond donors (Lipinski definition) is 4. The highest BCUT2D eigenvalue weighted by molar-refractivity contribution is 7.89. The van der Waals surface area contributed by atoms with E-state index < -0.39 is 33.0 Å². The van der Waals surface area contributed by atoms with Crippen LogP contribution in [0.5, 0.6) is 0 Å². The second-order valence-electron chi connectivity index (χ2n) is 8.53. The molecule has 13 heteroatoms. The minimum Gasteiger partial charge on any atom is -0.393 e. The van der Waals surface area contributed by atoms with Crippen LogP contribution in [-0.2, 0) is 10.0 Å². The summed E-state index contributed by atoms with van der Waals surface area (Å²) in [5.74, 6) is -2.88. The van der Waals surface area contributed by atoms with Crippen molar-refractivity contribution in [2.24, 2.45) is 0 Å². The summed E-state index contributed by atoms with van der Waals surface area (Å²) < 4.78 is 54.7. The maximum Gasteiger partial charge on any atom is 0.214 e. The number of piperidine rings is 1. The Bertz CT molecular complexity index is 1100. The molecular weight excluding hydrogens is 500 g/mol. The Hall–Kier alpha value is -2.19. The number of carbonyl (C=O) groups excluding carboxylic acids is 1. The van der Waals surface area contributed by atoms with Crippen LogP contribution in [0.15, 0.2) is 18.2 Å². The number of halogens is 2. The number of thiazole rings is 1. The van der Waals surface area contributed by atoms with Gasteiger partial charge in [0, 0.05) is 19.1 Å². The molecular formula is C22H31F2N5O4S2. The molecule has 0 spiro atoms. The molecule has 35 heavy (non-hydrogen) atoms. The predicted molar refractivity (Wildman–Crippen MR) is 132 cm³/mol. The molecule has 0 bridgehead atoms. The van der Waals surface area contributed by atoms with Crippen molar-refractivity contribution in [2.45, 2.75) is 44.8 Å². The number of nitrogen functional groups attached to an aromatic ring is 1. The van der Waals surface area contributed by atoms with E-state index in [2.05, 4.69) is 15.6 Å². The molecule has 0 saturated carbocycles. The summed E-state index contributed by atoms with van der Waals surface area (Å²) in [6.45, 7) is 3.61. The number of ketones is 1. The zero-order valence-corrected chi connectivity index (χ0v) is 21.1. The molecule has 5 N–H and O–H groups in total. The normalized spacial score (nSPS) is 16.3. The highest BCUT2D eigenvalue weighted by Crippen LogP contribution is 2.30. The molecule has 1 saturated heterocycles. The van der Waals surface area contributed by atoms with Gasteiger partial charge in [0.05, 0.1) is 17.4 Å². The summed E-state index contributed by atoms with van der Waals surface area (Å²) in [7, 11) is -3.37. The highest BCUT2D eigenvalue weighted by atomic mass is 32.2. The van der Waals surface area contributed by atoms with Gasteiger partial charge in [-0.05, 0) is 57.8 Å². The van der Waals surface area contributed by atoms with E-state index in [1.165, 1.54) is 10.4 Å². The van der Waals surface area contributed by atoms with Crippen LogP contribution in [0, 0.1) is 11.6 Å². The summed E-state index contributed by atoms with van der Waals surface area (Å²) in [5.41, 5.74) is 5.17. The van der Waals surface area contributed by atoms with E-state index in [1.54, 1.807) is 6.92 Å². The molecule has 1 fully saturated rings. The summed E-state index contributed by atoms with van der Waals surface area (Å²) in [6.07, 6.45) is 1.79. The quantitative estimate of drug-likeness (QED) is 0.242. The Balaban J connectivity index is 1.50. The van der Waals surface area contributed by atoms with Crippen molar-refractivity contribution < 1.29 is 27.1 Å². The van der Waals surface area contributed by atoms with Gasteiger partial charge in [-0.3, -0.25) is 4.79 Å². The van der Waals surface area contributed by atoms with Gasteiger partial charge in [0.15, 0.2) is 5.13 Å². The lowest BCUT2D eigenvalue weighted by Crippen LogP contribution is -2.43. The van der Waals surface area contributed by atoms with Crippen molar-refractivity contribution >= 4 is 38.1 Å². The summed E-state index contributed by atoms with van der Waals surface area (Å²) in [4.78, 5) is 16.7. The third-order valence-electron chi connectivity index (χ3n) is 5.72. The standard InChI is InChI=1S/C22H31F2N5O4S2/c1-14(30)6-10-26-9-3-13-35(32,33)29-11-7-15(8-12-29)27-22-28-21(25)20(34-22)19(31)18-16(23)4-2-5-17(18)24/h2,4-5,14-15,26,30H,3,6-13,25H2,1H3,(H,27,28). The summed E-state index contributed by atoms with van der Waals surface area (Å²) >= 11 is 0.914. The van der Waals surface area contributed by atoms with Crippen LogP contribution in [-0.4, -0.2) is 72.7 Å². The second-order valence-corrected chi connectivity index (χ2v) is 11.6. The Morgan fingerprint density at radius 2 is 1.94 bits per heavy atom. The first kappa shape index (κ1) is 27.4. The first-order chi connectivity index (χ1) is 16.6. The number of anilines is 2. The Morgan fingerprint density at radius 3 is 2.57 bits per heavy atom. The highest BCUT2D eigenvalue weighted by Gasteiger charge is 2.29. The average molecular weight is 532 g/mol. The molecule has 1 aliphatic heterocycles. The van der Waals surface area contributed by atoms with Crippen molar-refractivity contribution in [1.29, 1.82) is 0 Å². The zero-order chi connectivity index (χ0) is 25.6.